The average Bonchev–Trinajstić information content (AvgIpc) is 2.36. The number of carbonyl (C=O) groups excluding carboxylic acids is 1. The van der Waals surface area contributed by atoms with Crippen molar-refractivity contribution in [1.82, 2.24) is 5.32 Å². The number of hydrogen-bond acceptors (Lipinski definition) is 3. The highest BCUT2D eigenvalue weighted by molar-refractivity contribution is 6.31. The monoisotopic (exact) mass is 284 g/mol. The van der Waals surface area contributed by atoms with Gasteiger partial charge in [0.05, 0.1) is 0 Å². The molecule has 0 radical (unpaired) electrons. The first-order valence-corrected chi connectivity index (χ1v) is 6.72. The lowest BCUT2D eigenvalue weighted by Gasteiger charge is -2.17. The Balaban J connectivity index is 2.48. The van der Waals surface area contributed by atoms with Gasteiger partial charge in [0.2, 0.25) is 0 Å². The number of amides is 1. The van der Waals surface area contributed by atoms with Gasteiger partial charge in [-0.15, -0.1) is 0 Å². The molecule has 0 aliphatic carbocycles. The Kier molecular flexibility index (Phi) is 6.12. The molecule has 1 aromatic carbocycles. The van der Waals surface area contributed by atoms with E-state index >= 15 is 0 Å². The van der Waals surface area contributed by atoms with Crippen LogP contribution in [-0.2, 0) is 11.3 Å². The van der Waals surface area contributed by atoms with Gasteiger partial charge in [0, 0.05) is 17.6 Å². The molecule has 0 aliphatic rings. The number of hydrogen-bond donors (Lipinski definition) is 2. The Bertz CT molecular complexity index is 435. The molecule has 1 aromatic rings. The van der Waals surface area contributed by atoms with E-state index in [9.17, 15) is 4.79 Å². The van der Waals surface area contributed by atoms with Crippen molar-refractivity contribution in [3.8, 4) is 5.75 Å². The summed E-state index contributed by atoms with van der Waals surface area (Å²) in [4.78, 5) is 11.7. The number of nitrogens with one attached hydrogen (secondary N) is 1. The van der Waals surface area contributed by atoms with Gasteiger partial charge in [0.15, 0.2) is 6.61 Å². The van der Waals surface area contributed by atoms with Gasteiger partial charge in [-0.3, -0.25) is 4.79 Å². The molecule has 1 amide bonds. The van der Waals surface area contributed by atoms with Crippen LogP contribution in [-0.4, -0.2) is 18.6 Å². The molecule has 0 saturated heterocycles. The van der Waals surface area contributed by atoms with Crippen molar-refractivity contribution in [2.24, 2.45) is 11.7 Å². The molecule has 0 aliphatic heterocycles. The van der Waals surface area contributed by atoms with E-state index in [1.807, 2.05) is 6.92 Å². The summed E-state index contributed by atoms with van der Waals surface area (Å²) in [7, 11) is 0. The normalized spacial score (nSPS) is 12.3. The smallest absolute Gasteiger partial charge is 0.258 e. The van der Waals surface area contributed by atoms with Gasteiger partial charge >= 0.3 is 0 Å². The Labute approximate surface area is 119 Å². The van der Waals surface area contributed by atoms with E-state index in [1.54, 1.807) is 18.2 Å². The second-order valence-electron chi connectivity index (χ2n) is 4.85. The number of carbonyl (C=O) groups is 1. The molecular weight excluding hydrogens is 264 g/mol. The van der Waals surface area contributed by atoms with Gasteiger partial charge in [-0.1, -0.05) is 31.5 Å². The summed E-state index contributed by atoms with van der Waals surface area (Å²) in [5.74, 6) is 0.817. The second-order valence-corrected chi connectivity index (χ2v) is 5.25. The van der Waals surface area contributed by atoms with Crippen LogP contribution >= 0.6 is 11.6 Å². The summed E-state index contributed by atoms with van der Waals surface area (Å²) in [6.07, 6.45) is 0. The van der Waals surface area contributed by atoms with E-state index in [0.29, 0.717) is 23.2 Å². The van der Waals surface area contributed by atoms with Crippen molar-refractivity contribution in [2.75, 3.05) is 6.61 Å². The molecular formula is C14H21ClN2O2. The summed E-state index contributed by atoms with van der Waals surface area (Å²) in [5.41, 5.74) is 6.37. The third-order valence-corrected chi connectivity index (χ3v) is 3.35. The zero-order chi connectivity index (χ0) is 14.4. The first-order chi connectivity index (χ1) is 8.93. The molecule has 0 bridgehead atoms. The number of rotatable bonds is 6. The van der Waals surface area contributed by atoms with E-state index in [0.717, 1.165) is 5.56 Å². The van der Waals surface area contributed by atoms with E-state index < -0.39 is 0 Å². The molecule has 1 rings (SSSR count). The van der Waals surface area contributed by atoms with E-state index in [2.05, 4.69) is 19.2 Å². The number of ether oxygens (including phenoxy) is 1. The van der Waals surface area contributed by atoms with Gasteiger partial charge in [-0.25, -0.2) is 0 Å². The maximum Gasteiger partial charge on any atom is 0.258 e. The molecule has 0 spiro atoms. The SMILES string of the molecule is CC(C)C(C)NC(=O)COc1ccc(CN)c(Cl)c1. The van der Waals surface area contributed by atoms with Crippen molar-refractivity contribution in [3.63, 3.8) is 0 Å². The first kappa shape index (κ1) is 15.8. The van der Waals surface area contributed by atoms with Crippen LogP contribution in [0.15, 0.2) is 18.2 Å². The molecule has 1 unspecified atom stereocenters. The van der Waals surface area contributed by atoms with Crippen molar-refractivity contribution in [3.05, 3.63) is 28.8 Å². The predicted molar refractivity (Wildman–Crippen MR) is 77.3 cm³/mol. The summed E-state index contributed by atoms with van der Waals surface area (Å²) in [6, 6.07) is 5.35. The van der Waals surface area contributed by atoms with Crippen LogP contribution in [0.25, 0.3) is 0 Å². The Morgan fingerprint density at radius 1 is 1.42 bits per heavy atom. The van der Waals surface area contributed by atoms with Gasteiger partial charge in [0.1, 0.15) is 5.75 Å². The number of halogens is 1. The van der Waals surface area contributed by atoms with Crippen LogP contribution < -0.4 is 15.8 Å². The minimum Gasteiger partial charge on any atom is -0.484 e. The molecule has 1 atom stereocenters. The Morgan fingerprint density at radius 3 is 2.63 bits per heavy atom. The lowest BCUT2D eigenvalue weighted by molar-refractivity contribution is -0.124. The van der Waals surface area contributed by atoms with Crippen LogP contribution in [0.5, 0.6) is 5.75 Å². The van der Waals surface area contributed by atoms with E-state index in [4.69, 9.17) is 22.1 Å². The van der Waals surface area contributed by atoms with Crippen molar-refractivity contribution in [1.29, 1.82) is 0 Å². The summed E-state index contributed by atoms with van der Waals surface area (Å²) < 4.78 is 5.39. The summed E-state index contributed by atoms with van der Waals surface area (Å²) in [5, 5.41) is 3.42. The van der Waals surface area contributed by atoms with Gasteiger partial charge in [-0.2, -0.15) is 0 Å². The Hall–Kier alpha value is -1.26. The predicted octanol–water partition coefficient (Wildman–Crippen LogP) is 2.34. The molecule has 19 heavy (non-hydrogen) atoms. The molecule has 3 N–H and O–H groups in total. The van der Waals surface area contributed by atoms with E-state index in [-0.39, 0.29) is 18.6 Å². The largest absolute Gasteiger partial charge is 0.484 e. The standard InChI is InChI=1S/C14H21ClN2O2/c1-9(2)10(3)17-14(18)8-19-12-5-4-11(7-16)13(15)6-12/h4-6,9-10H,7-8,16H2,1-3H3,(H,17,18). The number of benzene rings is 1. The average molecular weight is 285 g/mol. The second kappa shape index (κ2) is 7.36. The van der Waals surface area contributed by atoms with Crippen molar-refractivity contribution < 1.29 is 9.53 Å². The molecule has 0 fully saturated rings. The fourth-order valence-electron chi connectivity index (χ4n) is 1.39. The lowest BCUT2D eigenvalue weighted by Crippen LogP contribution is -2.38. The van der Waals surface area contributed by atoms with Crippen LogP contribution in [0, 0.1) is 5.92 Å². The van der Waals surface area contributed by atoms with Crippen LogP contribution in [0.2, 0.25) is 5.02 Å². The molecule has 106 valence electrons. The first-order valence-electron chi connectivity index (χ1n) is 6.34. The van der Waals surface area contributed by atoms with Crippen LogP contribution in [0.3, 0.4) is 0 Å². The van der Waals surface area contributed by atoms with Crippen LogP contribution in [0.1, 0.15) is 26.3 Å². The van der Waals surface area contributed by atoms with Gasteiger partial charge in [-0.05, 0) is 30.5 Å². The highest BCUT2D eigenvalue weighted by Crippen LogP contribution is 2.22. The maximum atomic E-state index is 11.7. The number of nitrogens with two attached hydrogens (primary N) is 1. The van der Waals surface area contributed by atoms with Crippen LogP contribution in [0.4, 0.5) is 0 Å². The maximum absolute atomic E-state index is 11.7. The summed E-state index contributed by atoms with van der Waals surface area (Å²) >= 11 is 6.01. The molecule has 5 heteroatoms. The third-order valence-electron chi connectivity index (χ3n) is 3.00. The molecule has 0 heterocycles. The topological polar surface area (TPSA) is 64.3 Å². The zero-order valence-electron chi connectivity index (χ0n) is 11.6. The van der Waals surface area contributed by atoms with Gasteiger partial charge in [0.25, 0.3) is 5.91 Å². The highest BCUT2D eigenvalue weighted by Gasteiger charge is 2.11. The van der Waals surface area contributed by atoms with Crippen molar-refractivity contribution in [2.45, 2.75) is 33.4 Å². The highest BCUT2D eigenvalue weighted by atomic mass is 35.5. The minimum atomic E-state index is -0.139. The minimum absolute atomic E-state index is 0.0185. The van der Waals surface area contributed by atoms with E-state index in [1.165, 1.54) is 0 Å². The fourth-order valence-corrected chi connectivity index (χ4v) is 1.64. The lowest BCUT2D eigenvalue weighted by atomic mass is 10.1. The van der Waals surface area contributed by atoms with Crippen molar-refractivity contribution >= 4 is 17.5 Å². The molecule has 4 nitrogen and oxygen atoms in total. The fraction of sp³-hybridized carbons (Fsp3) is 0.500. The molecule has 0 saturated carbocycles. The Morgan fingerprint density at radius 2 is 2.11 bits per heavy atom. The zero-order valence-corrected chi connectivity index (χ0v) is 12.3. The molecule has 0 aromatic heterocycles. The van der Waals surface area contributed by atoms with Gasteiger partial charge < -0.3 is 15.8 Å². The quantitative estimate of drug-likeness (QED) is 0.843. The summed E-state index contributed by atoms with van der Waals surface area (Å²) in [6.45, 7) is 6.44. The third kappa shape index (κ3) is 5.09.